The lowest BCUT2D eigenvalue weighted by atomic mass is 10.2. The molecule has 1 rings (SSSR count). The molecule has 0 spiro atoms. The molecule has 1 aliphatic rings. The van der Waals surface area contributed by atoms with Crippen LogP contribution in [0.4, 0.5) is 0 Å². The molecule has 1 saturated heterocycles. The van der Waals surface area contributed by atoms with Crippen molar-refractivity contribution in [2.45, 2.75) is 19.4 Å². The quantitative estimate of drug-likeness (QED) is 0.638. The molecule has 1 heterocycles. The molecule has 96 valence electrons. The first-order valence-electron chi connectivity index (χ1n) is 5.84. The van der Waals surface area contributed by atoms with Crippen LogP contribution in [0, 0.1) is 0 Å². The summed E-state index contributed by atoms with van der Waals surface area (Å²) < 4.78 is 22.4. The Morgan fingerprint density at radius 2 is 2.00 bits per heavy atom. The number of aliphatic hydroxyl groups is 1. The number of sulfone groups is 1. The maximum atomic E-state index is 11.2. The van der Waals surface area contributed by atoms with Crippen LogP contribution in [0.15, 0.2) is 0 Å². The second kappa shape index (κ2) is 6.54. The molecule has 5 nitrogen and oxygen atoms in total. The van der Waals surface area contributed by atoms with E-state index < -0.39 is 9.84 Å². The molecule has 0 saturated carbocycles. The Kier molecular flexibility index (Phi) is 5.68. The second-order valence-corrected chi connectivity index (χ2v) is 6.52. The van der Waals surface area contributed by atoms with Crippen LogP contribution in [0.25, 0.3) is 0 Å². The van der Waals surface area contributed by atoms with Gasteiger partial charge in [-0.15, -0.1) is 0 Å². The largest absolute Gasteiger partial charge is 0.395 e. The van der Waals surface area contributed by atoms with Crippen molar-refractivity contribution in [3.8, 4) is 0 Å². The Morgan fingerprint density at radius 3 is 2.50 bits per heavy atom. The van der Waals surface area contributed by atoms with E-state index in [0.29, 0.717) is 13.1 Å². The summed E-state index contributed by atoms with van der Waals surface area (Å²) in [5.74, 6) is 0.552. The summed E-state index contributed by atoms with van der Waals surface area (Å²) in [5, 5.41) is 12.3. The zero-order valence-electron chi connectivity index (χ0n) is 9.85. The minimum atomic E-state index is -2.78. The van der Waals surface area contributed by atoms with E-state index in [4.69, 9.17) is 5.11 Å². The standard InChI is InChI=1S/C10H22N2O3S/c1-2-11-10(9-13)3-4-12-5-7-16(14,15)8-6-12/h10-11,13H,2-9H2,1H3. The molecule has 1 fully saturated rings. The smallest absolute Gasteiger partial charge is 0.152 e. The number of hydrogen-bond donors (Lipinski definition) is 2. The van der Waals surface area contributed by atoms with Gasteiger partial charge in [-0.2, -0.15) is 0 Å². The summed E-state index contributed by atoms with van der Waals surface area (Å²) in [4.78, 5) is 2.15. The summed E-state index contributed by atoms with van der Waals surface area (Å²) >= 11 is 0. The van der Waals surface area contributed by atoms with Crippen LogP contribution in [0.2, 0.25) is 0 Å². The highest BCUT2D eigenvalue weighted by Gasteiger charge is 2.21. The maximum Gasteiger partial charge on any atom is 0.152 e. The zero-order chi connectivity index (χ0) is 12.0. The summed E-state index contributed by atoms with van der Waals surface area (Å²) in [6.45, 7) is 5.11. The van der Waals surface area contributed by atoms with Crippen molar-refractivity contribution in [1.29, 1.82) is 0 Å². The molecular formula is C10H22N2O3S. The minimum absolute atomic E-state index is 0.128. The van der Waals surface area contributed by atoms with Gasteiger partial charge < -0.3 is 15.3 Å². The highest BCUT2D eigenvalue weighted by atomic mass is 32.2. The predicted octanol–water partition coefficient (Wildman–Crippen LogP) is -0.923. The van der Waals surface area contributed by atoms with Crippen LogP contribution >= 0.6 is 0 Å². The maximum absolute atomic E-state index is 11.2. The molecule has 0 radical (unpaired) electrons. The molecule has 0 aliphatic carbocycles. The number of nitrogens with zero attached hydrogens (tertiary/aromatic N) is 1. The van der Waals surface area contributed by atoms with Crippen molar-refractivity contribution < 1.29 is 13.5 Å². The van der Waals surface area contributed by atoms with Crippen molar-refractivity contribution in [3.63, 3.8) is 0 Å². The number of nitrogens with one attached hydrogen (secondary N) is 1. The van der Waals surface area contributed by atoms with Crippen LogP contribution in [-0.2, 0) is 9.84 Å². The Balaban J connectivity index is 2.23. The lowest BCUT2D eigenvalue weighted by molar-refractivity contribution is 0.212. The Hall–Kier alpha value is -0.170. The third-order valence-electron chi connectivity index (χ3n) is 2.94. The van der Waals surface area contributed by atoms with E-state index in [1.54, 1.807) is 0 Å². The van der Waals surface area contributed by atoms with Crippen LogP contribution in [0.1, 0.15) is 13.3 Å². The van der Waals surface area contributed by atoms with Crippen LogP contribution in [0.3, 0.4) is 0 Å². The normalized spacial score (nSPS) is 23.1. The zero-order valence-corrected chi connectivity index (χ0v) is 10.7. The van der Waals surface area contributed by atoms with Crippen LogP contribution < -0.4 is 5.32 Å². The van der Waals surface area contributed by atoms with Gasteiger partial charge in [-0.3, -0.25) is 0 Å². The van der Waals surface area contributed by atoms with E-state index in [0.717, 1.165) is 19.5 Å². The molecule has 0 aromatic rings. The molecule has 0 aromatic heterocycles. The van der Waals surface area contributed by atoms with Crippen molar-refractivity contribution in [2.75, 3.05) is 44.3 Å². The molecule has 0 aromatic carbocycles. The van der Waals surface area contributed by atoms with E-state index in [2.05, 4.69) is 10.2 Å². The van der Waals surface area contributed by atoms with Gasteiger partial charge in [0.15, 0.2) is 9.84 Å². The van der Waals surface area contributed by atoms with Gasteiger partial charge in [0.25, 0.3) is 0 Å². The third kappa shape index (κ3) is 4.78. The Morgan fingerprint density at radius 1 is 1.38 bits per heavy atom. The number of likely N-dealkylation sites (N-methyl/N-ethyl adjacent to an activating group) is 1. The van der Waals surface area contributed by atoms with Crippen molar-refractivity contribution in [3.05, 3.63) is 0 Å². The molecule has 0 bridgehead atoms. The highest BCUT2D eigenvalue weighted by molar-refractivity contribution is 7.91. The van der Waals surface area contributed by atoms with Gasteiger partial charge in [-0.1, -0.05) is 6.92 Å². The monoisotopic (exact) mass is 250 g/mol. The number of hydrogen-bond acceptors (Lipinski definition) is 5. The van der Waals surface area contributed by atoms with Crippen LogP contribution in [0.5, 0.6) is 0 Å². The fraction of sp³-hybridized carbons (Fsp3) is 1.00. The average molecular weight is 250 g/mol. The first-order chi connectivity index (χ1) is 7.57. The first-order valence-corrected chi connectivity index (χ1v) is 7.66. The third-order valence-corrected chi connectivity index (χ3v) is 4.55. The Bertz CT molecular complexity index is 278. The van der Waals surface area contributed by atoms with Crippen LogP contribution in [-0.4, -0.2) is 68.8 Å². The van der Waals surface area contributed by atoms with E-state index >= 15 is 0 Å². The van der Waals surface area contributed by atoms with E-state index in [1.165, 1.54) is 0 Å². The van der Waals surface area contributed by atoms with Gasteiger partial charge in [0.2, 0.25) is 0 Å². The second-order valence-electron chi connectivity index (χ2n) is 4.22. The van der Waals surface area contributed by atoms with Crippen molar-refractivity contribution in [1.82, 2.24) is 10.2 Å². The summed E-state index contributed by atoms with van der Waals surface area (Å²) in [6, 6.07) is 0.128. The molecule has 1 atom stereocenters. The first kappa shape index (κ1) is 13.9. The SMILES string of the molecule is CCNC(CO)CCN1CCS(=O)(=O)CC1. The fourth-order valence-electron chi connectivity index (χ4n) is 1.86. The summed E-state index contributed by atoms with van der Waals surface area (Å²) in [7, 11) is -2.78. The molecule has 6 heteroatoms. The Labute approximate surface area is 97.7 Å². The molecule has 16 heavy (non-hydrogen) atoms. The van der Waals surface area contributed by atoms with Gasteiger partial charge >= 0.3 is 0 Å². The summed E-state index contributed by atoms with van der Waals surface area (Å²) in [6.07, 6.45) is 0.865. The van der Waals surface area contributed by atoms with Crippen molar-refractivity contribution >= 4 is 9.84 Å². The predicted molar refractivity (Wildman–Crippen MR) is 64.3 cm³/mol. The fourth-order valence-corrected chi connectivity index (χ4v) is 3.14. The minimum Gasteiger partial charge on any atom is -0.395 e. The molecular weight excluding hydrogens is 228 g/mol. The highest BCUT2D eigenvalue weighted by Crippen LogP contribution is 2.05. The molecule has 0 amide bonds. The lowest BCUT2D eigenvalue weighted by Gasteiger charge is -2.28. The average Bonchev–Trinajstić information content (AvgIpc) is 2.26. The van der Waals surface area contributed by atoms with Gasteiger partial charge in [-0.05, 0) is 19.5 Å². The van der Waals surface area contributed by atoms with E-state index in [1.807, 2.05) is 6.92 Å². The number of aliphatic hydroxyl groups excluding tert-OH is 1. The van der Waals surface area contributed by atoms with Gasteiger partial charge in [0.1, 0.15) is 0 Å². The molecule has 1 aliphatic heterocycles. The summed E-state index contributed by atoms with van der Waals surface area (Å²) in [5.41, 5.74) is 0. The molecule has 1 unspecified atom stereocenters. The van der Waals surface area contributed by atoms with Gasteiger partial charge in [0, 0.05) is 19.1 Å². The number of rotatable bonds is 6. The van der Waals surface area contributed by atoms with E-state index in [-0.39, 0.29) is 24.2 Å². The van der Waals surface area contributed by atoms with Gasteiger partial charge in [-0.25, -0.2) is 8.42 Å². The lowest BCUT2D eigenvalue weighted by Crippen LogP contribution is -2.43. The van der Waals surface area contributed by atoms with Gasteiger partial charge in [0.05, 0.1) is 18.1 Å². The topological polar surface area (TPSA) is 69.6 Å². The molecule has 2 N–H and O–H groups in total. The van der Waals surface area contributed by atoms with Crippen molar-refractivity contribution in [2.24, 2.45) is 0 Å². The van der Waals surface area contributed by atoms with E-state index in [9.17, 15) is 8.42 Å².